The molecule has 0 radical (unpaired) electrons. The normalized spacial score (nSPS) is 9.40. The second-order valence-corrected chi connectivity index (χ2v) is 2.20. The second-order valence-electron chi connectivity index (χ2n) is 1.51. The van der Waals surface area contributed by atoms with Crippen molar-refractivity contribution in [1.29, 1.82) is 0 Å². The fraction of sp³-hybridized carbons (Fsp3) is 0. The summed E-state index contributed by atoms with van der Waals surface area (Å²) >= 11 is 10.4. The van der Waals surface area contributed by atoms with Crippen molar-refractivity contribution in [2.45, 2.75) is 0 Å². The van der Waals surface area contributed by atoms with Gasteiger partial charge in [0.05, 0.1) is 5.56 Å². The first kappa shape index (κ1) is 7.44. The maximum Gasteiger partial charge on any atom is 0.255 e. The maximum atomic E-state index is 10.4. The third-order valence-electron chi connectivity index (χ3n) is 0.847. The van der Waals surface area contributed by atoms with E-state index in [9.17, 15) is 4.79 Å². The number of rotatable bonds is 1. The topological polar surface area (TPSA) is 42.9 Å². The highest BCUT2D eigenvalue weighted by atomic mass is 35.5. The molecule has 0 fully saturated rings. The average Bonchev–Trinajstić information content (AvgIpc) is 1.88. The Morgan fingerprint density at radius 1 is 1.40 bits per heavy atom. The molecule has 1 rings (SSSR count). The molecule has 0 unspecified atom stereocenters. The minimum Gasteiger partial charge on any atom is -0.275 e. The minimum absolute atomic E-state index is 0.0988. The van der Waals surface area contributed by atoms with E-state index in [0.717, 1.165) is 0 Å². The van der Waals surface area contributed by atoms with E-state index in [1.54, 1.807) is 0 Å². The third-order valence-corrected chi connectivity index (χ3v) is 1.26. The van der Waals surface area contributed by atoms with E-state index in [2.05, 4.69) is 9.97 Å². The van der Waals surface area contributed by atoms with Crippen molar-refractivity contribution in [2.24, 2.45) is 0 Å². The Morgan fingerprint density at radius 2 is 1.90 bits per heavy atom. The monoisotopic (exact) mass is 176 g/mol. The number of halogens is 2. The van der Waals surface area contributed by atoms with Crippen LogP contribution in [-0.4, -0.2) is 15.2 Å². The van der Waals surface area contributed by atoms with Crippen molar-refractivity contribution in [3.8, 4) is 0 Å². The Hall–Kier alpha value is -0.670. The number of hydrogen-bond acceptors (Lipinski definition) is 3. The van der Waals surface area contributed by atoms with Gasteiger partial charge in [0.25, 0.3) is 5.24 Å². The Kier molecular flexibility index (Phi) is 2.19. The molecule has 0 amide bonds. The van der Waals surface area contributed by atoms with E-state index < -0.39 is 5.24 Å². The van der Waals surface area contributed by atoms with Crippen LogP contribution in [0.4, 0.5) is 0 Å². The Labute approximate surface area is 67.0 Å². The van der Waals surface area contributed by atoms with Crippen LogP contribution in [0.15, 0.2) is 12.4 Å². The zero-order valence-electron chi connectivity index (χ0n) is 4.71. The first-order valence-corrected chi connectivity index (χ1v) is 3.13. The molecule has 0 saturated heterocycles. The van der Waals surface area contributed by atoms with Gasteiger partial charge in [0, 0.05) is 12.4 Å². The van der Waals surface area contributed by atoms with Crippen LogP contribution >= 0.6 is 23.2 Å². The molecule has 0 aliphatic rings. The van der Waals surface area contributed by atoms with Crippen LogP contribution in [0.5, 0.6) is 0 Å². The maximum absolute atomic E-state index is 10.4. The lowest BCUT2D eigenvalue weighted by Gasteiger charge is -1.89. The second kappa shape index (κ2) is 2.94. The van der Waals surface area contributed by atoms with Crippen LogP contribution in [0.2, 0.25) is 5.28 Å². The van der Waals surface area contributed by atoms with E-state index in [1.807, 2.05) is 0 Å². The molecule has 0 saturated carbocycles. The zero-order valence-corrected chi connectivity index (χ0v) is 6.23. The van der Waals surface area contributed by atoms with Gasteiger partial charge in [-0.25, -0.2) is 9.97 Å². The molecule has 0 bridgehead atoms. The summed E-state index contributed by atoms with van der Waals surface area (Å²) in [6.45, 7) is 0. The van der Waals surface area contributed by atoms with Crippen molar-refractivity contribution in [3.63, 3.8) is 0 Å². The van der Waals surface area contributed by atoms with E-state index >= 15 is 0 Å². The lowest BCUT2D eigenvalue weighted by molar-refractivity contribution is 0.108. The molecule has 0 atom stereocenters. The molecule has 0 aliphatic heterocycles. The molecule has 0 aliphatic carbocycles. The van der Waals surface area contributed by atoms with Crippen molar-refractivity contribution >= 4 is 28.4 Å². The minimum atomic E-state index is -0.586. The van der Waals surface area contributed by atoms with Crippen LogP contribution in [0.25, 0.3) is 0 Å². The van der Waals surface area contributed by atoms with Crippen LogP contribution in [0.3, 0.4) is 0 Å². The SMILES string of the molecule is O=C(Cl)c1cnc(Cl)nc1. The van der Waals surface area contributed by atoms with Gasteiger partial charge in [-0.05, 0) is 23.2 Å². The first-order valence-electron chi connectivity index (χ1n) is 2.37. The van der Waals surface area contributed by atoms with Gasteiger partial charge in [-0.3, -0.25) is 4.79 Å². The molecule has 1 aromatic heterocycles. The molecule has 0 spiro atoms. The number of hydrogen-bond donors (Lipinski definition) is 0. The fourth-order valence-electron chi connectivity index (χ4n) is 0.414. The summed E-state index contributed by atoms with van der Waals surface area (Å²) in [7, 11) is 0. The number of nitrogens with zero attached hydrogens (tertiary/aromatic N) is 2. The molecular weight excluding hydrogens is 175 g/mol. The summed E-state index contributed by atoms with van der Waals surface area (Å²) in [6, 6.07) is 0. The molecule has 52 valence electrons. The van der Waals surface area contributed by atoms with Gasteiger partial charge in [0.1, 0.15) is 0 Å². The molecule has 1 aromatic rings. The van der Waals surface area contributed by atoms with Crippen LogP contribution < -0.4 is 0 Å². The van der Waals surface area contributed by atoms with Crippen molar-refractivity contribution in [1.82, 2.24) is 9.97 Å². The third kappa shape index (κ3) is 1.65. The predicted octanol–water partition coefficient (Wildman–Crippen LogP) is 1.51. The summed E-state index contributed by atoms with van der Waals surface area (Å²) in [5.41, 5.74) is 0.242. The highest BCUT2D eigenvalue weighted by molar-refractivity contribution is 6.67. The average molecular weight is 177 g/mol. The van der Waals surface area contributed by atoms with E-state index in [-0.39, 0.29) is 10.8 Å². The summed E-state index contributed by atoms with van der Waals surface area (Å²) in [6.07, 6.45) is 2.54. The number of carbonyl (C=O) groups excluding carboxylic acids is 1. The molecule has 0 N–H and O–H groups in total. The summed E-state index contributed by atoms with van der Waals surface area (Å²) < 4.78 is 0. The molecule has 5 heteroatoms. The lowest BCUT2D eigenvalue weighted by Crippen LogP contribution is -1.91. The van der Waals surface area contributed by atoms with Gasteiger partial charge < -0.3 is 0 Å². The highest BCUT2D eigenvalue weighted by Crippen LogP contribution is 2.02. The predicted molar refractivity (Wildman–Crippen MR) is 37.2 cm³/mol. The Bertz CT molecular complexity index is 246. The van der Waals surface area contributed by atoms with Gasteiger partial charge in [0.2, 0.25) is 5.28 Å². The van der Waals surface area contributed by atoms with Gasteiger partial charge in [-0.2, -0.15) is 0 Å². The highest BCUT2D eigenvalue weighted by Gasteiger charge is 2.00. The van der Waals surface area contributed by atoms with Crippen LogP contribution in [0, 0.1) is 0 Å². The van der Waals surface area contributed by atoms with Gasteiger partial charge in [-0.15, -0.1) is 0 Å². The first-order chi connectivity index (χ1) is 4.70. The van der Waals surface area contributed by atoms with Crippen molar-refractivity contribution in [2.75, 3.05) is 0 Å². The largest absolute Gasteiger partial charge is 0.275 e. The van der Waals surface area contributed by atoms with Crippen molar-refractivity contribution in [3.05, 3.63) is 23.2 Å². The van der Waals surface area contributed by atoms with Crippen molar-refractivity contribution < 1.29 is 4.79 Å². The lowest BCUT2D eigenvalue weighted by atomic mass is 10.4. The molecular formula is C5H2Cl2N2O. The van der Waals surface area contributed by atoms with E-state index in [4.69, 9.17) is 23.2 Å². The Balaban J connectivity index is 3.00. The smallest absolute Gasteiger partial charge is 0.255 e. The number of carbonyl (C=O) groups is 1. The van der Waals surface area contributed by atoms with Crippen LogP contribution in [-0.2, 0) is 0 Å². The summed E-state index contributed by atoms with van der Waals surface area (Å²) in [4.78, 5) is 17.5. The zero-order chi connectivity index (χ0) is 7.56. The summed E-state index contributed by atoms with van der Waals surface area (Å²) in [5.74, 6) is 0. The Morgan fingerprint density at radius 3 is 2.30 bits per heavy atom. The molecule has 1 heterocycles. The van der Waals surface area contributed by atoms with E-state index in [1.165, 1.54) is 12.4 Å². The summed E-state index contributed by atoms with van der Waals surface area (Å²) in [5, 5.41) is -0.488. The van der Waals surface area contributed by atoms with Gasteiger partial charge in [0.15, 0.2) is 0 Å². The van der Waals surface area contributed by atoms with Crippen LogP contribution in [0.1, 0.15) is 10.4 Å². The standard InChI is InChI=1S/C5H2Cl2N2O/c6-4(10)3-1-8-5(7)9-2-3/h1-2H. The molecule has 0 aromatic carbocycles. The van der Waals surface area contributed by atoms with E-state index in [0.29, 0.717) is 0 Å². The molecule has 3 nitrogen and oxygen atoms in total. The van der Waals surface area contributed by atoms with Gasteiger partial charge in [-0.1, -0.05) is 0 Å². The quantitative estimate of drug-likeness (QED) is 0.482. The fourth-order valence-corrected chi connectivity index (χ4v) is 0.609. The molecule has 10 heavy (non-hydrogen) atoms. The number of aromatic nitrogens is 2. The van der Waals surface area contributed by atoms with Gasteiger partial charge >= 0.3 is 0 Å².